The van der Waals surface area contributed by atoms with E-state index >= 15 is 0 Å². The van der Waals surface area contributed by atoms with Gasteiger partial charge in [0.05, 0.1) is 27.0 Å². The van der Waals surface area contributed by atoms with Crippen LogP contribution in [0.2, 0.25) is 5.02 Å². The smallest absolute Gasteiger partial charge is 0.125 e. The number of thiophene rings is 1. The van der Waals surface area contributed by atoms with E-state index in [4.69, 9.17) is 11.6 Å². The second-order valence-electron chi connectivity index (χ2n) is 4.56. The molecule has 0 saturated heterocycles. The number of hydrogen-bond donors (Lipinski definition) is 1. The van der Waals surface area contributed by atoms with Crippen LogP contribution in [0.25, 0.3) is 10.2 Å². The normalized spacial score (nSPS) is 12.6. The third kappa shape index (κ3) is 2.62. The lowest BCUT2D eigenvalue weighted by atomic mass is 10.1. The number of benzene rings is 1. The first-order valence-corrected chi connectivity index (χ1v) is 7.44. The number of aromatic nitrogens is 1. The molecule has 3 aromatic rings. The van der Waals surface area contributed by atoms with Gasteiger partial charge in [0.25, 0.3) is 0 Å². The molecule has 0 aliphatic carbocycles. The van der Waals surface area contributed by atoms with E-state index in [0.29, 0.717) is 10.7 Å². The van der Waals surface area contributed by atoms with Gasteiger partial charge in [0.2, 0.25) is 0 Å². The summed E-state index contributed by atoms with van der Waals surface area (Å²) in [6.45, 7) is 2.00. The minimum atomic E-state index is -0.309. The molecule has 2 aromatic heterocycles. The first-order valence-electron chi connectivity index (χ1n) is 6.18. The average Bonchev–Trinajstić information content (AvgIpc) is 2.90. The molecule has 0 amide bonds. The fourth-order valence-corrected chi connectivity index (χ4v) is 2.98. The standard InChI is InChI=1S/C15H12ClFN2S/c1-9(19-14-7-11(17)2-3-12(14)16)10-6-15-13(18-8-10)4-5-20-15/h2-9,19H,1H3. The van der Waals surface area contributed by atoms with Gasteiger partial charge in [0.15, 0.2) is 0 Å². The minimum absolute atomic E-state index is 0.00620. The molecule has 102 valence electrons. The van der Waals surface area contributed by atoms with Crippen molar-refractivity contribution in [3.05, 3.63) is 58.3 Å². The van der Waals surface area contributed by atoms with Crippen LogP contribution in [0.4, 0.5) is 10.1 Å². The van der Waals surface area contributed by atoms with Crippen molar-refractivity contribution in [2.75, 3.05) is 5.32 Å². The van der Waals surface area contributed by atoms with Crippen LogP contribution in [0.1, 0.15) is 18.5 Å². The van der Waals surface area contributed by atoms with E-state index in [1.54, 1.807) is 17.4 Å². The molecule has 0 radical (unpaired) electrons. The number of nitrogens with zero attached hydrogens (tertiary/aromatic N) is 1. The molecule has 1 unspecified atom stereocenters. The number of nitrogens with one attached hydrogen (secondary N) is 1. The van der Waals surface area contributed by atoms with Crippen LogP contribution in [0.3, 0.4) is 0 Å². The van der Waals surface area contributed by atoms with Crippen molar-refractivity contribution in [2.24, 2.45) is 0 Å². The van der Waals surface area contributed by atoms with Crippen molar-refractivity contribution >= 4 is 38.8 Å². The molecule has 0 aliphatic rings. The summed E-state index contributed by atoms with van der Waals surface area (Å²) < 4.78 is 14.4. The summed E-state index contributed by atoms with van der Waals surface area (Å²) in [5, 5.41) is 5.74. The molecule has 5 heteroatoms. The first-order chi connectivity index (χ1) is 9.63. The lowest BCUT2D eigenvalue weighted by Gasteiger charge is -2.16. The summed E-state index contributed by atoms with van der Waals surface area (Å²) >= 11 is 7.72. The van der Waals surface area contributed by atoms with Gasteiger partial charge in [-0.15, -0.1) is 11.3 Å². The van der Waals surface area contributed by atoms with Gasteiger partial charge in [-0.3, -0.25) is 4.98 Å². The van der Waals surface area contributed by atoms with Crippen LogP contribution in [-0.4, -0.2) is 4.98 Å². The highest BCUT2D eigenvalue weighted by Gasteiger charge is 2.10. The van der Waals surface area contributed by atoms with E-state index in [2.05, 4.69) is 16.4 Å². The molecule has 0 spiro atoms. The van der Waals surface area contributed by atoms with Crippen LogP contribution >= 0.6 is 22.9 Å². The van der Waals surface area contributed by atoms with Gasteiger partial charge >= 0.3 is 0 Å². The second-order valence-corrected chi connectivity index (χ2v) is 5.92. The summed E-state index contributed by atoms with van der Waals surface area (Å²) in [6, 6.07) is 8.37. The van der Waals surface area contributed by atoms with Crippen LogP contribution in [-0.2, 0) is 0 Å². The zero-order valence-electron chi connectivity index (χ0n) is 10.7. The molecule has 1 N–H and O–H groups in total. The molecule has 2 heterocycles. The summed E-state index contributed by atoms with van der Waals surface area (Å²) in [6.07, 6.45) is 1.83. The van der Waals surface area contributed by atoms with Gasteiger partial charge in [-0.25, -0.2) is 4.39 Å². The number of pyridine rings is 1. The van der Waals surface area contributed by atoms with Gasteiger partial charge in [0, 0.05) is 6.20 Å². The van der Waals surface area contributed by atoms with Crippen molar-refractivity contribution < 1.29 is 4.39 Å². The SMILES string of the molecule is CC(Nc1cc(F)ccc1Cl)c1cnc2ccsc2c1. The van der Waals surface area contributed by atoms with Gasteiger partial charge in [-0.1, -0.05) is 11.6 Å². The maximum absolute atomic E-state index is 13.3. The van der Waals surface area contributed by atoms with Crippen molar-refractivity contribution in [1.29, 1.82) is 0 Å². The molecule has 0 bridgehead atoms. The van der Waals surface area contributed by atoms with Crippen LogP contribution in [0.15, 0.2) is 41.9 Å². The number of fused-ring (bicyclic) bond motifs is 1. The Bertz CT molecular complexity index is 756. The summed E-state index contributed by atoms with van der Waals surface area (Å²) in [4.78, 5) is 4.41. The van der Waals surface area contributed by atoms with Gasteiger partial charge < -0.3 is 5.32 Å². The van der Waals surface area contributed by atoms with Gasteiger partial charge in [0.1, 0.15) is 5.82 Å². The van der Waals surface area contributed by atoms with Gasteiger partial charge in [-0.05, 0) is 48.2 Å². The Labute approximate surface area is 125 Å². The molecule has 0 aliphatic heterocycles. The van der Waals surface area contributed by atoms with Crippen molar-refractivity contribution in [1.82, 2.24) is 4.98 Å². The molecule has 2 nitrogen and oxygen atoms in total. The first kappa shape index (κ1) is 13.3. The average molecular weight is 307 g/mol. The second kappa shape index (κ2) is 5.38. The molecule has 1 aromatic carbocycles. The molecule has 0 fully saturated rings. The molecular weight excluding hydrogens is 295 g/mol. The quantitative estimate of drug-likeness (QED) is 0.713. The van der Waals surface area contributed by atoms with Crippen molar-refractivity contribution in [3.8, 4) is 0 Å². The maximum Gasteiger partial charge on any atom is 0.125 e. The number of halogens is 2. The fourth-order valence-electron chi connectivity index (χ4n) is 2.02. The third-order valence-electron chi connectivity index (χ3n) is 3.12. The summed E-state index contributed by atoms with van der Waals surface area (Å²) in [7, 11) is 0. The minimum Gasteiger partial charge on any atom is -0.377 e. The largest absolute Gasteiger partial charge is 0.377 e. The predicted octanol–water partition coefficient (Wildman–Crippen LogP) is 5.26. The van der Waals surface area contributed by atoms with Crippen LogP contribution in [0.5, 0.6) is 0 Å². The third-order valence-corrected chi connectivity index (χ3v) is 4.31. The Hall–Kier alpha value is -1.65. The summed E-state index contributed by atoms with van der Waals surface area (Å²) in [5.41, 5.74) is 2.63. The fraction of sp³-hybridized carbons (Fsp3) is 0.133. The Morgan fingerprint density at radius 3 is 3.00 bits per heavy atom. The topological polar surface area (TPSA) is 24.9 Å². The predicted molar refractivity (Wildman–Crippen MR) is 83.1 cm³/mol. The van der Waals surface area contributed by atoms with Gasteiger partial charge in [-0.2, -0.15) is 0 Å². The Kier molecular flexibility index (Phi) is 3.59. The Morgan fingerprint density at radius 1 is 1.30 bits per heavy atom. The van der Waals surface area contributed by atoms with Crippen molar-refractivity contribution in [3.63, 3.8) is 0 Å². The van der Waals surface area contributed by atoms with E-state index in [1.807, 2.05) is 24.6 Å². The number of rotatable bonds is 3. The van der Waals surface area contributed by atoms with Crippen LogP contribution in [0, 0.1) is 5.82 Å². The van der Waals surface area contributed by atoms with Crippen LogP contribution < -0.4 is 5.32 Å². The molecular formula is C15H12ClFN2S. The molecule has 0 saturated carbocycles. The van der Waals surface area contributed by atoms with E-state index in [1.165, 1.54) is 12.1 Å². The lowest BCUT2D eigenvalue weighted by Crippen LogP contribution is -2.07. The summed E-state index contributed by atoms with van der Waals surface area (Å²) in [5.74, 6) is -0.309. The monoisotopic (exact) mass is 306 g/mol. The number of hydrogen-bond acceptors (Lipinski definition) is 3. The van der Waals surface area contributed by atoms with E-state index < -0.39 is 0 Å². The molecule has 1 atom stereocenters. The molecule has 3 rings (SSSR count). The highest BCUT2D eigenvalue weighted by Crippen LogP contribution is 2.28. The van der Waals surface area contributed by atoms with E-state index in [9.17, 15) is 4.39 Å². The maximum atomic E-state index is 13.3. The lowest BCUT2D eigenvalue weighted by molar-refractivity contribution is 0.628. The highest BCUT2D eigenvalue weighted by atomic mass is 35.5. The zero-order chi connectivity index (χ0) is 14.1. The zero-order valence-corrected chi connectivity index (χ0v) is 12.3. The Morgan fingerprint density at radius 2 is 2.15 bits per heavy atom. The van der Waals surface area contributed by atoms with Crippen molar-refractivity contribution in [2.45, 2.75) is 13.0 Å². The van der Waals surface area contributed by atoms with E-state index in [0.717, 1.165) is 15.8 Å². The number of anilines is 1. The Balaban J connectivity index is 1.88. The highest BCUT2D eigenvalue weighted by molar-refractivity contribution is 7.17. The van der Waals surface area contributed by atoms with E-state index in [-0.39, 0.29) is 11.9 Å². The molecule has 20 heavy (non-hydrogen) atoms.